The fourth-order valence-electron chi connectivity index (χ4n) is 5.86. The summed E-state index contributed by atoms with van der Waals surface area (Å²) in [7, 11) is 0. The molecule has 1 amide bonds. The molecule has 1 N–H and O–H groups in total. The SMILES string of the molecule is CCc1cc2c(=O)n(CC(=O)NC34CCC5CC(CC5C3)C4)cnc2s1. The highest BCUT2D eigenvalue weighted by molar-refractivity contribution is 7.18. The van der Waals surface area contributed by atoms with Crippen LogP contribution in [-0.2, 0) is 17.8 Å². The van der Waals surface area contributed by atoms with E-state index in [1.54, 1.807) is 11.3 Å². The number of amides is 1. The highest BCUT2D eigenvalue weighted by atomic mass is 32.1. The number of nitrogens with one attached hydrogen (secondary N) is 1. The van der Waals surface area contributed by atoms with E-state index in [1.165, 1.54) is 30.2 Å². The number of carbonyl (C=O) groups excluding carboxylic acids is 1. The van der Waals surface area contributed by atoms with E-state index < -0.39 is 0 Å². The molecule has 3 aliphatic rings. The molecule has 0 radical (unpaired) electrons. The maximum absolute atomic E-state index is 12.7. The second-order valence-electron chi connectivity index (χ2n) is 8.60. The van der Waals surface area contributed by atoms with Crippen molar-refractivity contribution >= 4 is 27.5 Å². The van der Waals surface area contributed by atoms with E-state index in [0.29, 0.717) is 5.39 Å². The zero-order valence-electron chi connectivity index (χ0n) is 15.2. The first-order chi connectivity index (χ1) is 12.5. The first-order valence-corrected chi connectivity index (χ1v) is 10.7. The smallest absolute Gasteiger partial charge is 0.262 e. The molecular formula is C20H25N3O2S. The molecule has 3 saturated carbocycles. The van der Waals surface area contributed by atoms with Gasteiger partial charge >= 0.3 is 0 Å². The molecule has 5 nitrogen and oxygen atoms in total. The lowest BCUT2D eigenvalue weighted by Crippen LogP contribution is -2.54. The molecule has 3 aliphatic carbocycles. The number of fused-ring (bicyclic) bond motifs is 3. The Kier molecular flexibility index (Phi) is 3.75. The predicted octanol–water partition coefficient (Wildman–Crippen LogP) is 3.11. The van der Waals surface area contributed by atoms with Gasteiger partial charge in [0.2, 0.25) is 5.91 Å². The molecule has 5 rings (SSSR count). The van der Waals surface area contributed by atoms with E-state index in [0.717, 1.165) is 53.1 Å². The topological polar surface area (TPSA) is 64.0 Å². The largest absolute Gasteiger partial charge is 0.349 e. The minimum absolute atomic E-state index is 0.0173. The van der Waals surface area contributed by atoms with Gasteiger partial charge in [-0.1, -0.05) is 6.92 Å². The number of hydrogen-bond donors (Lipinski definition) is 1. The van der Waals surface area contributed by atoms with Crippen LogP contribution in [0.25, 0.3) is 10.2 Å². The van der Waals surface area contributed by atoms with Gasteiger partial charge in [0, 0.05) is 10.4 Å². The van der Waals surface area contributed by atoms with Crippen LogP contribution in [0.4, 0.5) is 0 Å². The third-order valence-electron chi connectivity index (χ3n) is 6.90. The summed E-state index contributed by atoms with van der Waals surface area (Å²) >= 11 is 1.56. The number of thiophene rings is 1. The van der Waals surface area contributed by atoms with E-state index in [4.69, 9.17) is 0 Å². The summed E-state index contributed by atoms with van der Waals surface area (Å²) < 4.78 is 1.46. The third-order valence-corrected chi connectivity index (χ3v) is 8.09. The molecule has 4 atom stereocenters. The van der Waals surface area contributed by atoms with Crippen LogP contribution in [0, 0.1) is 17.8 Å². The number of carbonyl (C=O) groups is 1. The summed E-state index contributed by atoms with van der Waals surface area (Å²) in [6.45, 7) is 2.14. The van der Waals surface area contributed by atoms with Crippen LogP contribution in [0.2, 0.25) is 0 Å². The van der Waals surface area contributed by atoms with Crippen LogP contribution in [0.1, 0.15) is 50.3 Å². The average molecular weight is 372 g/mol. The minimum atomic E-state index is -0.106. The normalized spacial score (nSPS) is 32.3. The lowest BCUT2D eigenvalue weighted by atomic mass is 9.67. The molecule has 26 heavy (non-hydrogen) atoms. The van der Waals surface area contributed by atoms with Crippen LogP contribution in [0.5, 0.6) is 0 Å². The van der Waals surface area contributed by atoms with Crippen molar-refractivity contribution in [1.29, 1.82) is 0 Å². The van der Waals surface area contributed by atoms with Crippen LogP contribution < -0.4 is 10.9 Å². The molecule has 0 aliphatic heterocycles. The minimum Gasteiger partial charge on any atom is -0.349 e. The van der Waals surface area contributed by atoms with Crippen molar-refractivity contribution in [2.24, 2.45) is 17.8 Å². The fraction of sp³-hybridized carbons (Fsp3) is 0.650. The van der Waals surface area contributed by atoms with E-state index >= 15 is 0 Å². The van der Waals surface area contributed by atoms with Gasteiger partial charge in [-0.15, -0.1) is 11.3 Å². The lowest BCUT2D eigenvalue weighted by Gasteiger charge is -2.45. The Morgan fingerprint density at radius 2 is 2.23 bits per heavy atom. The van der Waals surface area contributed by atoms with Gasteiger partial charge in [0.1, 0.15) is 11.4 Å². The molecule has 0 spiro atoms. The molecule has 2 aromatic rings. The maximum atomic E-state index is 12.7. The highest BCUT2D eigenvalue weighted by Crippen LogP contribution is 2.56. The number of aromatic nitrogens is 2. The van der Waals surface area contributed by atoms with Crippen LogP contribution in [0.3, 0.4) is 0 Å². The van der Waals surface area contributed by atoms with Crippen molar-refractivity contribution in [1.82, 2.24) is 14.9 Å². The maximum Gasteiger partial charge on any atom is 0.262 e. The van der Waals surface area contributed by atoms with Gasteiger partial charge in [-0.25, -0.2) is 4.98 Å². The second kappa shape index (κ2) is 5.91. The van der Waals surface area contributed by atoms with Gasteiger partial charge in [0.15, 0.2) is 0 Å². The van der Waals surface area contributed by atoms with Gasteiger partial charge in [0.25, 0.3) is 5.56 Å². The van der Waals surface area contributed by atoms with Crippen molar-refractivity contribution in [2.75, 3.05) is 0 Å². The Hall–Kier alpha value is -1.69. The molecule has 2 heterocycles. The number of aryl methyl sites for hydroxylation is 1. The average Bonchev–Trinajstić information content (AvgIpc) is 3.12. The second-order valence-corrected chi connectivity index (χ2v) is 9.71. The van der Waals surface area contributed by atoms with Gasteiger partial charge in [-0.2, -0.15) is 0 Å². The van der Waals surface area contributed by atoms with Crippen molar-refractivity contribution < 1.29 is 4.79 Å². The summed E-state index contributed by atoms with van der Waals surface area (Å²) in [5.41, 5.74) is -0.123. The predicted molar refractivity (Wildman–Crippen MR) is 102 cm³/mol. The summed E-state index contributed by atoms with van der Waals surface area (Å²) in [5.74, 6) is 2.45. The first kappa shape index (κ1) is 16.5. The fourth-order valence-corrected chi connectivity index (χ4v) is 6.79. The molecular weight excluding hydrogens is 346 g/mol. The Morgan fingerprint density at radius 1 is 1.38 bits per heavy atom. The van der Waals surface area contributed by atoms with E-state index in [1.807, 2.05) is 6.07 Å². The van der Waals surface area contributed by atoms with Gasteiger partial charge < -0.3 is 5.32 Å². The van der Waals surface area contributed by atoms with E-state index in [9.17, 15) is 9.59 Å². The molecule has 6 heteroatoms. The van der Waals surface area contributed by atoms with E-state index in [2.05, 4.69) is 17.2 Å². The zero-order chi connectivity index (χ0) is 17.9. The monoisotopic (exact) mass is 371 g/mol. The van der Waals surface area contributed by atoms with Crippen LogP contribution in [-0.4, -0.2) is 21.0 Å². The quantitative estimate of drug-likeness (QED) is 0.898. The van der Waals surface area contributed by atoms with Crippen LogP contribution >= 0.6 is 11.3 Å². The summed E-state index contributed by atoms with van der Waals surface area (Å²) in [5, 5.41) is 3.97. The molecule has 3 bridgehead atoms. The first-order valence-electron chi connectivity index (χ1n) is 9.84. The molecule has 0 aromatic carbocycles. The van der Waals surface area contributed by atoms with Crippen molar-refractivity contribution in [3.8, 4) is 0 Å². The van der Waals surface area contributed by atoms with Gasteiger partial charge in [0.05, 0.1) is 11.7 Å². The van der Waals surface area contributed by atoms with Gasteiger partial charge in [-0.05, 0) is 68.8 Å². The number of hydrogen-bond acceptors (Lipinski definition) is 4. The van der Waals surface area contributed by atoms with Crippen molar-refractivity contribution in [3.05, 3.63) is 27.6 Å². The number of nitrogens with zero attached hydrogens (tertiary/aromatic N) is 2. The molecule has 2 aromatic heterocycles. The van der Waals surface area contributed by atoms with Crippen LogP contribution in [0.15, 0.2) is 17.2 Å². The Balaban J connectivity index is 1.35. The molecule has 3 fully saturated rings. The van der Waals surface area contributed by atoms with Gasteiger partial charge in [-0.3, -0.25) is 14.2 Å². The molecule has 4 unspecified atom stereocenters. The van der Waals surface area contributed by atoms with Crippen molar-refractivity contribution in [3.63, 3.8) is 0 Å². The van der Waals surface area contributed by atoms with E-state index in [-0.39, 0.29) is 23.6 Å². The lowest BCUT2D eigenvalue weighted by molar-refractivity contribution is -0.125. The third kappa shape index (κ3) is 2.61. The number of rotatable bonds is 4. The molecule has 138 valence electrons. The summed E-state index contributed by atoms with van der Waals surface area (Å²) in [6.07, 6.45) is 9.77. The Bertz CT molecular complexity index is 929. The molecule has 0 saturated heterocycles. The summed E-state index contributed by atoms with van der Waals surface area (Å²) in [4.78, 5) is 31.8. The standard InChI is InChI=1S/C20H25N3O2S/c1-2-15-7-16-18(26-15)21-11-23(19(16)25)10-17(24)22-20-4-3-13-5-12(8-20)6-14(13)9-20/h7,11-14H,2-6,8-10H2,1H3,(H,22,24). The Morgan fingerprint density at radius 3 is 3.08 bits per heavy atom. The highest BCUT2D eigenvalue weighted by Gasteiger charge is 2.52. The Labute approximate surface area is 156 Å². The van der Waals surface area contributed by atoms with Crippen molar-refractivity contribution in [2.45, 2.75) is 64.0 Å². The zero-order valence-corrected chi connectivity index (χ0v) is 16.0. The summed E-state index contributed by atoms with van der Waals surface area (Å²) in [6, 6.07) is 1.92.